The van der Waals surface area contributed by atoms with Gasteiger partial charge in [0.25, 0.3) is 0 Å². The van der Waals surface area contributed by atoms with Crippen molar-refractivity contribution in [3.8, 4) is 39.1 Å². The molecule has 0 bridgehead atoms. The Balaban J connectivity index is 0.867. The van der Waals surface area contributed by atoms with E-state index in [0.717, 1.165) is 43.5 Å². The predicted molar refractivity (Wildman–Crippen MR) is 287 cm³/mol. The predicted octanol–water partition coefficient (Wildman–Crippen LogP) is 16.6. The van der Waals surface area contributed by atoms with Gasteiger partial charge in [0, 0.05) is 51.9 Å². The molecule has 0 N–H and O–H groups in total. The van der Waals surface area contributed by atoms with Gasteiger partial charge in [0.05, 0.1) is 5.41 Å². The Labute approximate surface area is 406 Å². The molecule has 0 fully saturated rings. The Bertz CT molecular complexity index is 3490. The van der Waals surface area contributed by atoms with Crippen LogP contribution in [0.1, 0.15) is 64.4 Å². The minimum absolute atomic E-state index is 0.218. The molecule has 1 aromatic heterocycles. The van der Waals surface area contributed by atoms with E-state index in [0.29, 0.717) is 5.92 Å². The van der Waals surface area contributed by atoms with Crippen LogP contribution in [0.2, 0.25) is 0 Å². The molecule has 3 atom stereocenters. The van der Waals surface area contributed by atoms with Gasteiger partial charge >= 0.3 is 0 Å². The minimum Gasteiger partial charge on any atom is -0.313 e. The van der Waals surface area contributed by atoms with Crippen LogP contribution in [-0.4, -0.2) is 4.57 Å². The largest absolute Gasteiger partial charge is 0.313 e. The normalized spacial score (nSPS) is 19.7. The summed E-state index contributed by atoms with van der Waals surface area (Å²) in [5.41, 5.74) is 25.3. The van der Waals surface area contributed by atoms with Crippen LogP contribution in [0.3, 0.4) is 0 Å². The number of fused-ring (bicyclic) bond motifs is 12. The Kier molecular flexibility index (Phi) is 9.37. The highest BCUT2D eigenvalue weighted by molar-refractivity contribution is 5.86. The first-order valence-electron chi connectivity index (χ1n) is 25.0. The highest BCUT2D eigenvalue weighted by Crippen LogP contribution is 2.66. The van der Waals surface area contributed by atoms with E-state index in [9.17, 15) is 0 Å². The number of hydrogen-bond acceptors (Lipinski definition) is 1. The van der Waals surface area contributed by atoms with Crippen molar-refractivity contribution in [2.75, 3.05) is 4.90 Å². The summed E-state index contributed by atoms with van der Waals surface area (Å²) in [7, 11) is 0. The van der Waals surface area contributed by atoms with Gasteiger partial charge in [0.2, 0.25) is 0 Å². The number of benzene rings is 7. The lowest BCUT2D eigenvalue weighted by atomic mass is 9.63. The molecule has 1 heterocycles. The fraction of sp³-hybridized carbons (Fsp3) is 0.134. The van der Waals surface area contributed by atoms with E-state index in [1.54, 1.807) is 5.57 Å². The molecule has 1 spiro atoms. The summed E-state index contributed by atoms with van der Waals surface area (Å²) < 4.78 is 2.51. The van der Waals surface area contributed by atoms with Gasteiger partial charge in [0.15, 0.2) is 0 Å². The van der Waals surface area contributed by atoms with Gasteiger partial charge in [-0.2, -0.15) is 0 Å². The first-order valence-corrected chi connectivity index (χ1v) is 25.0. The number of para-hydroxylation sites is 1. The Morgan fingerprint density at radius 1 is 0.522 bits per heavy atom. The maximum absolute atomic E-state index is 2.65. The van der Waals surface area contributed by atoms with Crippen LogP contribution in [0, 0.1) is 11.8 Å². The third-order valence-corrected chi connectivity index (χ3v) is 16.2. The zero-order valence-corrected chi connectivity index (χ0v) is 38.7. The van der Waals surface area contributed by atoms with E-state index >= 15 is 0 Å². The molecule has 14 rings (SSSR count). The molecule has 2 heteroatoms. The molecule has 0 radical (unpaired) electrons. The first kappa shape index (κ1) is 40.2. The average molecular weight is 885 g/mol. The molecular weight excluding hydrogens is 833 g/mol. The summed E-state index contributed by atoms with van der Waals surface area (Å²) in [5.74, 6) is 0.797. The molecule has 6 aliphatic carbocycles. The van der Waals surface area contributed by atoms with E-state index in [1.165, 1.54) is 89.5 Å². The van der Waals surface area contributed by atoms with Gasteiger partial charge in [-0.1, -0.05) is 194 Å². The Morgan fingerprint density at radius 3 is 1.99 bits per heavy atom. The molecule has 2 nitrogen and oxygen atoms in total. The van der Waals surface area contributed by atoms with Crippen molar-refractivity contribution in [2.45, 2.75) is 43.4 Å². The van der Waals surface area contributed by atoms with Crippen LogP contribution in [0.4, 0.5) is 11.4 Å². The van der Waals surface area contributed by atoms with Crippen molar-refractivity contribution in [3.63, 3.8) is 0 Å². The van der Waals surface area contributed by atoms with Crippen LogP contribution in [0.5, 0.6) is 0 Å². The molecule has 0 saturated carbocycles. The summed E-state index contributed by atoms with van der Waals surface area (Å²) in [6.07, 6.45) is 27.4. The van der Waals surface area contributed by atoms with Crippen LogP contribution in [-0.2, 0) is 18.3 Å². The number of aromatic nitrogens is 1. The summed E-state index contributed by atoms with van der Waals surface area (Å²) >= 11 is 0. The van der Waals surface area contributed by atoms with Gasteiger partial charge in [-0.25, -0.2) is 0 Å². The molecule has 3 unspecified atom stereocenters. The summed E-state index contributed by atoms with van der Waals surface area (Å²) in [6, 6.07) is 68.0. The molecule has 0 amide bonds. The fourth-order valence-electron chi connectivity index (χ4n) is 13.3. The van der Waals surface area contributed by atoms with E-state index in [1.807, 2.05) is 0 Å². The van der Waals surface area contributed by atoms with E-state index in [4.69, 9.17) is 0 Å². The van der Waals surface area contributed by atoms with Crippen molar-refractivity contribution >= 4 is 23.5 Å². The number of hydrogen-bond donors (Lipinski definition) is 0. The third-order valence-electron chi connectivity index (χ3n) is 16.2. The maximum atomic E-state index is 2.65. The molecule has 330 valence electrons. The van der Waals surface area contributed by atoms with Gasteiger partial charge < -0.3 is 9.47 Å². The standard InChI is InChI=1S/C67H52N2/c1-3-17-45(18-4-1)46-33-36-52(37-34-46)68(54-38-39-58-57-27-9-13-31-63(57)67(64(58)44-54)61-29-11-7-25-55(61)56-26-8-12-30-62(56)67)53-24-16-21-49(42-53)47-19-15-20-48(41-47)50-35-40-66-60(43-50)59-28-10-14-32-65(59)69(66)51-22-5-2-6-23-51/h1-12,15-30,33-42,44,50,58,64H,13-14,31-32,43H2. The quantitative estimate of drug-likeness (QED) is 0.155. The second kappa shape index (κ2) is 16.1. The van der Waals surface area contributed by atoms with E-state index in [2.05, 4.69) is 246 Å². The second-order valence-electron chi connectivity index (χ2n) is 19.7. The number of rotatable bonds is 7. The molecule has 0 saturated heterocycles. The van der Waals surface area contributed by atoms with Crippen LogP contribution >= 0.6 is 0 Å². The summed E-state index contributed by atoms with van der Waals surface area (Å²) in [4.78, 5) is 2.52. The van der Waals surface area contributed by atoms with Gasteiger partial charge in [-0.3, -0.25) is 0 Å². The van der Waals surface area contributed by atoms with E-state index < -0.39 is 0 Å². The molecule has 7 aromatic carbocycles. The number of anilines is 2. The molecule has 6 aliphatic rings. The van der Waals surface area contributed by atoms with Gasteiger partial charge in [-0.15, -0.1) is 0 Å². The van der Waals surface area contributed by atoms with Crippen LogP contribution < -0.4 is 4.90 Å². The maximum Gasteiger partial charge on any atom is 0.0501 e. The first-order chi connectivity index (χ1) is 34.2. The van der Waals surface area contributed by atoms with E-state index in [-0.39, 0.29) is 17.3 Å². The monoisotopic (exact) mass is 884 g/mol. The lowest BCUT2D eigenvalue weighted by Gasteiger charge is -2.40. The van der Waals surface area contributed by atoms with Gasteiger partial charge in [-0.05, 0) is 147 Å². The Hall–Kier alpha value is -7.94. The van der Waals surface area contributed by atoms with Crippen molar-refractivity contribution in [1.82, 2.24) is 4.57 Å². The Morgan fingerprint density at radius 2 is 1.19 bits per heavy atom. The zero-order chi connectivity index (χ0) is 45.5. The van der Waals surface area contributed by atoms with Gasteiger partial charge in [0.1, 0.15) is 0 Å². The topological polar surface area (TPSA) is 8.17 Å². The van der Waals surface area contributed by atoms with Crippen molar-refractivity contribution in [3.05, 3.63) is 281 Å². The minimum atomic E-state index is -0.229. The SMILES string of the molecule is C1=CC2=C(CC1)C1(c3ccccc3-c3ccccc31)C1C=C(N(c3ccc(-c4ccccc4)cc3)c3cccc(-c4cccc(C5C=Cc6c(c7c(n6-c6ccccc6)CCC=C7)C5)c4)c3)C=CC21. The number of allylic oxidation sites excluding steroid dienone is 9. The average Bonchev–Trinajstić information content (AvgIpc) is 4.03. The molecule has 0 aliphatic heterocycles. The fourth-order valence-corrected chi connectivity index (χ4v) is 13.3. The molecule has 8 aromatic rings. The highest BCUT2D eigenvalue weighted by Gasteiger charge is 2.58. The lowest BCUT2D eigenvalue weighted by molar-refractivity contribution is 0.422. The third kappa shape index (κ3) is 6.24. The molecular formula is C67H52N2. The molecule has 69 heavy (non-hydrogen) atoms. The summed E-state index contributed by atoms with van der Waals surface area (Å²) in [5, 5.41) is 0. The van der Waals surface area contributed by atoms with Crippen LogP contribution in [0.25, 0.3) is 51.2 Å². The van der Waals surface area contributed by atoms with Crippen molar-refractivity contribution in [1.29, 1.82) is 0 Å². The van der Waals surface area contributed by atoms with Crippen LogP contribution in [0.15, 0.2) is 241 Å². The lowest BCUT2D eigenvalue weighted by Crippen LogP contribution is -2.36. The summed E-state index contributed by atoms with van der Waals surface area (Å²) in [6.45, 7) is 0. The van der Waals surface area contributed by atoms with Crippen molar-refractivity contribution in [2.24, 2.45) is 11.8 Å². The number of nitrogens with zero attached hydrogens (tertiary/aromatic N) is 2. The smallest absolute Gasteiger partial charge is 0.0501 e. The highest BCUT2D eigenvalue weighted by atomic mass is 15.1. The second-order valence-corrected chi connectivity index (χ2v) is 19.7. The zero-order valence-electron chi connectivity index (χ0n) is 38.7. The van der Waals surface area contributed by atoms with Crippen molar-refractivity contribution < 1.29 is 0 Å².